The van der Waals surface area contributed by atoms with Crippen molar-refractivity contribution in [1.82, 2.24) is 4.31 Å². The zero-order chi connectivity index (χ0) is 15.6. The zero-order valence-electron chi connectivity index (χ0n) is 11.9. The van der Waals surface area contributed by atoms with E-state index in [2.05, 4.69) is 0 Å². The van der Waals surface area contributed by atoms with Crippen molar-refractivity contribution in [3.8, 4) is 0 Å². The molecule has 0 amide bonds. The van der Waals surface area contributed by atoms with E-state index < -0.39 is 15.8 Å². The number of nitrogens with two attached hydrogens (primary N) is 1. The second kappa shape index (κ2) is 5.83. The fourth-order valence-corrected chi connectivity index (χ4v) is 3.46. The van der Waals surface area contributed by atoms with Crippen LogP contribution in [0.1, 0.15) is 11.1 Å². The van der Waals surface area contributed by atoms with E-state index in [0.29, 0.717) is 11.3 Å². The molecule has 0 aliphatic rings. The summed E-state index contributed by atoms with van der Waals surface area (Å²) in [6.07, 6.45) is 0. The molecule has 2 rings (SSSR count). The molecule has 0 aliphatic carbocycles. The number of halogens is 1. The molecule has 0 bridgehead atoms. The van der Waals surface area contributed by atoms with Gasteiger partial charge in [-0.3, -0.25) is 0 Å². The van der Waals surface area contributed by atoms with Crippen LogP contribution in [0.5, 0.6) is 0 Å². The molecule has 4 nitrogen and oxygen atoms in total. The summed E-state index contributed by atoms with van der Waals surface area (Å²) >= 11 is 0. The minimum atomic E-state index is -3.67. The quantitative estimate of drug-likeness (QED) is 0.883. The van der Waals surface area contributed by atoms with Crippen LogP contribution in [-0.2, 0) is 16.6 Å². The molecule has 0 saturated carbocycles. The van der Waals surface area contributed by atoms with Crippen molar-refractivity contribution in [3.63, 3.8) is 0 Å². The predicted octanol–water partition coefficient (Wildman–Crippen LogP) is 2.54. The van der Waals surface area contributed by atoms with Crippen LogP contribution in [0, 0.1) is 12.7 Å². The van der Waals surface area contributed by atoms with Gasteiger partial charge in [0.1, 0.15) is 5.82 Å². The van der Waals surface area contributed by atoms with Crippen LogP contribution in [0.3, 0.4) is 0 Å². The molecule has 0 radical (unpaired) electrons. The summed E-state index contributed by atoms with van der Waals surface area (Å²) in [5.41, 5.74) is 7.44. The van der Waals surface area contributed by atoms with Crippen LogP contribution in [-0.4, -0.2) is 19.8 Å². The molecular weight excluding hydrogens is 291 g/mol. The zero-order valence-corrected chi connectivity index (χ0v) is 12.7. The Balaban J connectivity index is 2.30. The third-order valence-corrected chi connectivity index (χ3v) is 5.15. The second-order valence-corrected chi connectivity index (χ2v) is 6.93. The summed E-state index contributed by atoms with van der Waals surface area (Å²) in [5.74, 6) is -0.454. The second-order valence-electron chi connectivity index (χ2n) is 4.92. The van der Waals surface area contributed by atoms with Crippen LogP contribution in [0.4, 0.5) is 10.1 Å². The Morgan fingerprint density at radius 3 is 2.52 bits per heavy atom. The minimum Gasteiger partial charge on any atom is -0.399 e. The van der Waals surface area contributed by atoms with Gasteiger partial charge in [0.2, 0.25) is 10.0 Å². The number of nitrogens with zero attached hydrogens (tertiary/aromatic N) is 1. The number of nitrogen functional groups attached to an aromatic ring is 1. The lowest BCUT2D eigenvalue weighted by atomic mass is 10.2. The monoisotopic (exact) mass is 308 g/mol. The fourth-order valence-electron chi connectivity index (χ4n) is 2.10. The van der Waals surface area contributed by atoms with E-state index in [9.17, 15) is 12.8 Å². The fraction of sp³-hybridized carbons (Fsp3) is 0.200. The van der Waals surface area contributed by atoms with Crippen molar-refractivity contribution < 1.29 is 12.8 Å². The molecule has 0 aromatic heterocycles. The van der Waals surface area contributed by atoms with Gasteiger partial charge in [-0.15, -0.1) is 0 Å². The first-order valence-electron chi connectivity index (χ1n) is 6.37. The van der Waals surface area contributed by atoms with Crippen LogP contribution < -0.4 is 5.73 Å². The maximum atomic E-state index is 13.1. The summed E-state index contributed by atoms with van der Waals surface area (Å²) < 4.78 is 39.4. The summed E-state index contributed by atoms with van der Waals surface area (Å²) in [5, 5.41) is 0. The van der Waals surface area contributed by atoms with Gasteiger partial charge in [0.25, 0.3) is 0 Å². The number of aryl methyl sites for hydroxylation is 1. The van der Waals surface area contributed by atoms with Crippen molar-refractivity contribution >= 4 is 15.7 Å². The first kappa shape index (κ1) is 15.5. The summed E-state index contributed by atoms with van der Waals surface area (Å²) in [6, 6.07) is 10.7. The molecule has 2 aromatic carbocycles. The van der Waals surface area contributed by atoms with Gasteiger partial charge < -0.3 is 5.73 Å². The highest BCUT2D eigenvalue weighted by molar-refractivity contribution is 7.89. The van der Waals surface area contributed by atoms with Gasteiger partial charge in [-0.2, -0.15) is 4.31 Å². The number of benzene rings is 2. The summed E-state index contributed by atoms with van der Waals surface area (Å²) in [4.78, 5) is 0.107. The highest BCUT2D eigenvalue weighted by atomic mass is 32.2. The molecular formula is C15H17FN2O2S. The first-order valence-corrected chi connectivity index (χ1v) is 7.81. The van der Waals surface area contributed by atoms with Crippen molar-refractivity contribution in [1.29, 1.82) is 0 Å². The number of rotatable bonds is 4. The van der Waals surface area contributed by atoms with Gasteiger partial charge in [0, 0.05) is 19.3 Å². The van der Waals surface area contributed by atoms with Crippen LogP contribution >= 0.6 is 0 Å². The average Bonchev–Trinajstić information content (AvgIpc) is 2.38. The molecule has 112 valence electrons. The molecule has 2 N–H and O–H groups in total. The van der Waals surface area contributed by atoms with E-state index in [1.807, 2.05) is 0 Å². The van der Waals surface area contributed by atoms with Crippen LogP contribution in [0.15, 0.2) is 47.4 Å². The van der Waals surface area contributed by atoms with Gasteiger partial charge in [0.05, 0.1) is 4.90 Å². The Bertz CT molecular complexity index is 760. The predicted molar refractivity (Wildman–Crippen MR) is 80.6 cm³/mol. The molecule has 2 aromatic rings. The van der Waals surface area contributed by atoms with E-state index in [-0.39, 0.29) is 11.4 Å². The highest BCUT2D eigenvalue weighted by Gasteiger charge is 2.23. The summed E-state index contributed by atoms with van der Waals surface area (Å²) in [7, 11) is -2.18. The third kappa shape index (κ3) is 3.40. The van der Waals surface area contributed by atoms with E-state index in [1.54, 1.807) is 31.2 Å². The standard InChI is InChI=1S/C15H17FN2O2S/c1-11-8-13(16)6-7-15(11)21(19,20)18(2)10-12-4-3-5-14(17)9-12/h3-9H,10,17H2,1-2H3. The Hall–Kier alpha value is -1.92. The molecule has 0 heterocycles. The Kier molecular flexibility index (Phi) is 4.29. The number of anilines is 1. The van der Waals surface area contributed by atoms with Crippen molar-refractivity contribution in [2.45, 2.75) is 18.4 Å². The van der Waals surface area contributed by atoms with E-state index in [0.717, 1.165) is 11.6 Å². The van der Waals surface area contributed by atoms with E-state index in [4.69, 9.17) is 5.73 Å². The lowest BCUT2D eigenvalue weighted by Crippen LogP contribution is -2.27. The van der Waals surface area contributed by atoms with Gasteiger partial charge >= 0.3 is 0 Å². The number of sulfonamides is 1. The molecule has 0 fully saturated rings. The molecule has 0 saturated heterocycles. The maximum absolute atomic E-state index is 13.1. The lowest BCUT2D eigenvalue weighted by molar-refractivity contribution is 0.466. The third-order valence-electron chi connectivity index (χ3n) is 3.18. The van der Waals surface area contributed by atoms with Crippen LogP contribution in [0.25, 0.3) is 0 Å². The largest absolute Gasteiger partial charge is 0.399 e. The van der Waals surface area contributed by atoms with Crippen molar-refractivity contribution in [2.24, 2.45) is 0 Å². The highest BCUT2D eigenvalue weighted by Crippen LogP contribution is 2.21. The normalized spacial score (nSPS) is 11.8. The molecule has 0 unspecified atom stereocenters. The average molecular weight is 308 g/mol. The molecule has 0 aliphatic heterocycles. The molecule has 21 heavy (non-hydrogen) atoms. The molecule has 0 spiro atoms. The first-order chi connectivity index (χ1) is 9.80. The van der Waals surface area contributed by atoms with Gasteiger partial charge in [0.15, 0.2) is 0 Å². The number of hydrogen-bond donors (Lipinski definition) is 1. The lowest BCUT2D eigenvalue weighted by Gasteiger charge is -2.18. The smallest absolute Gasteiger partial charge is 0.243 e. The SMILES string of the molecule is Cc1cc(F)ccc1S(=O)(=O)N(C)Cc1cccc(N)c1. The van der Waals surface area contributed by atoms with Crippen LogP contribution in [0.2, 0.25) is 0 Å². The molecule has 0 atom stereocenters. The van der Waals surface area contributed by atoms with E-state index in [1.165, 1.54) is 23.5 Å². The molecule has 6 heteroatoms. The van der Waals surface area contributed by atoms with Gasteiger partial charge in [-0.1, -0.05) is 12.1 Å². The minimum absolute atomic E-state index is 0.107. The maximum Gasteiger partial charge on any atom is 0.243 e. The topological polar surface area (TPSA) is 63.4 Å². The Labute approximate surface area is 124 Å². The van der Waals surface area contributed by atoms with Crippen molar-refractivity contribution in [2.75, 3.05) is 12.8 Å². The van der Waals surface area contributed by atoms with Gasteiger partial charge in [-0.25, -0.2) is 12.8 Å². The summed E-state index contributed by atoms with van der Waals surface area (Å²) in [6.45, 7) is 1.77. The Morgan fingerprint density at radius 2 is 1.90 bits per heavy atom. The van der Waals surface area contributed by atoms with Gasteiger partial charge in [-0.05, 0) is 48.4 Å². The number of hydrogen-bond acceptors (Lipinski definition) is 3. The van der Waals surface area contributed by atoms with Crippen molar-refractivity contribution in [3.05, 3.63) is 59.4 Å². The Morgan fingerprint density at radius 1 is 1.19 bits per heavy atom. The van der Waals surface area contributed by atoms with E-state index >= 15 is 0 Å².